The summed E-state index contributed by atoms with van der Waals surface area (Å²) in [4.78, 5) is 0.0774. The molecule has 0 saturated carbocycles. The molecule has 1 aromatic heterocycles. The molecule has 0 aliphatic rings. The van der Waals surface area contributed by atoms with Crippen molar-refractivity contribution in [2.24, 2.45) is 0 Å². The van der Waals surface area contributed by atoms with Crippen LogP contribution in [-0.2, 0) is 16.6 Å². The molecular weight excluding hydrogens is 242 g/mol. The Balaban J connectivity index is 3.06. The average molecular weight is 261 g/mol. The Kier molecular flexibility index (Phi) is 4.73. The Hall–Kier alpha value is -0.850. The molecule has 6 heteroatoms. The fourth-order valence-corrected chi connectivity index (χ4v) is 3.21. The lowest BCUT2D eigenvalue weighted by Crippen LogP contribution is -2.25. The summed E-state index contributed by atoms with van der Waals surface area (Å²) in [6, 6.07) is 0. The number of unbranched alkanes of at least 4 members (excludes halogenated alkanes) is 1. The van der Waals surface area contributed by atoms with E-state index in [0.717, 1.165) is 12.8 Å². The van der Waals surface area contributed by atoms with Crippen molar-refractivity contribution in [1.82, 2.24) is 4.72 Å². The highest BCUT2D eigenvalue weighted by Gasteiger charge is 2.25. The number of nitrogens with one attached hydrogen (secondary N) is 1. The highest BCUT2D eigenvalue weighted by molar-refractivity contribution is 7.89. The molecule has 0 atom stereocenters. The van der Waals surface area contributed by atoms with E-state index in [1.165, 1.54) is 0 Å². The first-order chi connectivity index (χ1) is 7.94. The molecule has 0 bridgehead atoms. The summed E-state index contributed by atoms with van der Waals surface area (Å²) in [5.41, 5.74) is 0.339. The van der Waals surface area contributed by atoms with Crippen LogP contribution in [-0.4, -0.2) is 20.1 Å². The van der Waals surface area contributed by atoms with Crippen LogP contribution in [0, 0.1) is 13.8 Å². The largest absolute Gasteiger partial charge is 0.465 e. The predicted octanol–water partition coefficient (Wildman–Crippen LogP) is 1.47. The zero-order chi connectivity index (χ0) is 13.1. The fourth-order valence-electron chi connectivity index (χ4n) is 1.70. The molecule has 0 radical (unpaired) electrons. The molecule has 0 saturated heterocycles. The van der Waals surface area contributed by atoms with Crippen LogP contribution in [0.25, 0.3) is 0 Å². The van der Waals surface area contributed by atoms with Gasteiger partial charge in [0.25, 0.3) is 0 Å². The van der Waals surface area contributed by atoms with Crippen molar-refractivity contribution >= 4 is 10.0 Å². The summed E-state index contributed by atoms with van der Waals surface area (Å²) in [6.07, 6.45) is 1.70. The number of aryl methyl sites for hydroxylation is 2. The molecule has 1 aromatic rings. The van der Waals surface area contributed by atoms with Crippen molar-refractivity contribution < 1.29 is 17.9 Å². The van der Waals surface area contributed by atoms with Crippen LogP contribution >= 0.6 is 0 Å². The van der Waals surface area contributed by atoms with Gasteiger partial charge < -0.3 is 9.52 Å². The fraction of sp³-hybridized carbons (Fsp3) is 0.636. The van der Waals surface area contributed by atoms with E-state index >= 15 is 0 Å². The molecule has 17 heavy (non-hydrogen) atoms. The summed E-state index contributed by atoms with van der Waals surface area (Å²) in [6.45, 7) is 5.27. The first kappa shape index (κ1) is 14.2. The maximum Gasteiger partial charge on any atom is 0.244 e. The molecule has 0 aliphatic carbocycles. The molecule has 0 aliphatic heterocycles. The third kappa shape index (κ3) is 3.08. The number of hydrogen-bond donors (Lipinski definition) is 2. The van der Waals surface area contributed by atoms with Crippen molar-refractivity contribution in [3.63, 3.8) is 0 Å². The molecular formula is C11H19NO4S. The van der Waals surface area contributed by atoms with Gasteiger partial charge in [0, 0.05) is 12.1 Å². The molecule has 0 aromatic carbocycles. The van der Waals surface area contributed by atoms with E-state index < -0.39 is 10.0 Å². The Morgan fingerprint density at radius 1 is 1.29 bits per heavy atom. The molecule has 98 valence electrons. The standard InChI is InChI=1S/C11H19NO4S/c1-4-5-6-12-17(14,15)11-9(3)16-8(2)10(11)7-13/h12-13H,4-7H2,1-3H3. The summed E-state index contributed by atoms with van der Waals surface area (Å²) in [5.74, 6) is 0.761. The van der Waals surface area contributed by atoms with Gasteiger partial charge in [-0.05, 0) is 20.3 Å². The molecule has 5 nitrogen and oxygen atoms in total. The summed E-state index contributed by atoms with van der Waals surface area (Å²) < 4.78 is 31.8. The minimum Gasteiger partial charge on any atom is -0.465 e. The van der Waals surface area contributed by atoms with Gasteiger partial charge in [0.1, 0.15) is 16.4 Å². The van der Waals surface area contributed by atoms with E-state index in [1.807, 2.05) is 6.92 Å². The summed E-state index contributed by atoms with van der Waals surface area (Å²) >= 11 is 0. The van der Waals surface area contributed by atoms with Gasteiger partial charge in [-0.1, -0.05) is 13.3 Å². The SMILES string of the molecule is CCCCNS(=O)(=O)c1c(C)oc(C)c1CO. The van der Waals surface area contributed by atoms with Crippen LogP contribution in [0.5, 0.6) is 0 Å². The number of hydrogen-bond acceptors (Lipinski definition) is 4. The van der Waals surface area contributed by atoms with Crippen LogP contribution in [0.1, 0.15) is 36.8 Å². The van der Waals surface area contributed by atoms with Gasteiger partial charge in [0.2, 0.25) is 10.0 Å². The third-order valence-corrected chi connectivity index (χ3v) is 4.23. The van der Waals surface area contributed by atoms with Crippen molar-refractivity contribution in [1.29, 1.82) is 0 Å². The third-order valence-electron chi connectivity index (χ3n) is 2.57. The number of furan rings is 1. The number of aliphatic hydroxyl groups is 1. The van der Waals surface area contributed by atoms with E-state index in [9.17, 15) is 13.5 Å². The molecule has 1 rings (SSSR count). The second-order valence-corrected chi connectivity index (χ2v) is 5.64. The molecule has 0 spiro atoms. The second-order valence-electron chi connectivity index (χ2n) is 3.93. The van der Waals surface area contributed by atoms with Crippen LogP contribution in [0.3, 0.4) is 0 Å². The van der Waals surface area contributed by atoms with Crippen molar-refractivity contribution in [3.05, 3.63) is 17.1 Å². The number of aliphatic hydroxyl groups excluding tert-OH is 1. The lowest BCUT2D eigenvalue weighted by atomic mass is 10.2. The van der Waals surface area contributed by atoms with Gasteiger partial charge >= 0.3 is 0 Å². The lowest BCUT2D eigenvalue weighted by Gasteiger charge is -2.06. The van der Waals surface area contributed by atoms with Gasteiger partial charge in [0.15, 0.2) is 0 Å². The molecule has 0 unspecified atom stereocenters. The van der Waals surface area contributed by atoms with Crippen molar-refractivity contribution in [3.8, 4) is 0 Å². The topological polar surface area (TPSA) is 79.5 Å². The average Bonchev–Trinajstić information content (AvgIpc) is 2.53. The van der Waals surface area contributed by atoms with Gasteiger partial charge in [0.05, 0.1) is 6.61 Å². The maximum atomic E-state index is 12.0. The van der Waals surface area contributed by atoms with Gasteiger partial charge in [-0.15, -0.1) is 0 Å². The molecule has 0 fully saturated rings. The Morgan fingerprint density at radius 3 is 2.47 bits per heavy atom. The smallest absolute Gasteiger partial charge is 0.244 e. The zero-order valence-electron chi connectivity index (χ0n) is 10.4. The van der Waals surface area contributed by atoms with E-state index in [1.54, 1.807) is 13.8 Å². The number of rotatable bonds is 6. The highest BCUT2D eigenvalue weighted by Crippen LogP contribution is 2.26. The van der Waals surface area contributed by atoms with Crippen LogP contribution in [0.2, 0.25) is 0 Å². The van der Waals surface area contributed by atoms with Gasteiger partial charge in [-0.25, -0.2) is 13.1 Å². The zero-order valence-corrected chi connectivity index (χ0v) is 11.2. The monoisotopic (exact) mass is 261 g/mol. The Morgan fingerprint density at radius 2 is 1.94 bits per heavy atom. The minimum atomic E-state index is -3.59. The summed E-state index contributed by atoms with van der Waals surface area (Å²) in [7, 11) is -3.59. The number of sulfonamides is 1. The van der Waals surface area contributed by atoms with Gasteiger partial charge in [-0.3, -0.25) is 0 Å². The molecule has 2 N–H and O–H groups in total. The molecule has 0 amide bonds. The lowest BCUT2D eigenvalue weighted by molar-refractivity contribution is 0.276. The highest BCUT2D eigenvalue weighted by atomic mass is 32.2. The van der Waals surface area contributed by atoms with Crippen LogP contribution < -0.4 is 4.72 Å². The van der Waals surface area contributed by atoms with Crippen molar-refractivity contribution in [2.75, 3.05) is 6.54 Å². The van der Waals surface area contributed by atoms with Crippen LogP contribution in [0.4, 0.5) is 0 Å². The quantitative estimate of drug-likeness (QED) is 0.760. The first-order valence-electron chi connectivity index (χ1n) is 5.63. The Labute approximate surface area is 102 Å². The maximum absolute atomic E-state index is 12.0. The van der Waals surface area contributed by atoms with Crippen molar-refractivity contribution in [2.45, 2.75) is 45.1 Å². The van der Waals surface area contributed by atoms with E-state index in [0.29, 0.717) is 23.6 Å². The molecule has 1 heterocycles. The van der Waals surface area contributed by atoms with E-state index in [2.05, 4.69) is 4.72 Å². The minimum absolute atomic E-state index is 0.0774. The van der Waals surface area contributed by atoms with E-state index in [4.69, 9.17) is 4.42 Å². The normalized spacial score (nSPS) is 12.0. The first-order valence-corrected chi connectivity index (χ1v) is 7.11. The predicted molar refractivity (Wildman–Crippen MR) is 64.2 cm³/mol. The summed E-state index contributed by atoms with van der Waals surface area (Å²) in [5, 5.41) is 9.20. The second kappa shape index (κ2) is 5.66. The van der Waals surface area contributed by atoms with Crippen LogP contribution in [0.15, 0.2) is 9.31 Å². The Bertz CT molecular complexity index is 476. The van der Waals surface area contributed by atoms with E-state index in [-0.39, 0.29) is 11.5 Å². The van der Waals surface area contributed by atoms with Gasteiger partial charge in [-0.2, -0.15) is 0 Å².